The van der Waals surface area contributed by atoms with E-state index in [0.29, 0.717) is 24.4 Å². The van der Waals surface area contributed by atoms with Crippen molar-refractivity contribution in [3.8, 4) is 0 Å². The maximum Gasteiger partial charge on any atom is 0.329 e. The number of urea groups is 1. The van der Waals surface area contributed by atoms with Gasteiger partial charge in [0, 0.05) is 45.1 Å². The van der Waals surface area contributed by atoms with Crippen molar-refractivity contribution >= 4 is 29.2 Å². The third kappa shape index (κ3) is 3.37. The number of para-hydroxylation sites is 2. The average Bonchev–Trinajstić information content (AvgIpc) is 3.16. The molecule has 2 aromatic carbocycles. The Morgan fingerprint density at radius 2 is 1.47 bits per heavy atom. The number of nitrogens with one attached hydrogen (secondary N) is 1. The van der Waals surface area contributed by atoms with Crippen LogP contribution in [-0.2, 0) is 9.59 Å². The number of rotatable bonds is 3. The van der Waals surface area contributed by atoms with Crippen LogP contribution in [0.25, 0.3) is 0 Å². The number of imide groups is 1. The molecule has 0 aliphatic carbocycles. The Kier molecular flexibility index (Phi) is 5.05. The molecule has 1 N–H and O–H groups in total. The predicted molar refractivity (Wildman–Crippen MR) is 121 cm³/mol. The van der Waals surface area contributed by atoms with E-state index in [2.05, 4.69) is 22.3 Å². The van der Waals surface area contributed by atoms with Crippen LogP contribution in [0.15, 0.2) is 72.4 Å². The van der Waals surface area contributed by atoms with Crippen LogP contribution in [0.5, 0.6) is 0 Å². The Morgan fingerprint density at radius 1 is 0.875 bits per heavy atom. The molecule has 3 heterocycles. The normalized spacial score (nSPS) is 23.1. The van der Waals surface area contributed by atoms with Crippen LogP contribution in [-0.4, -0.2) is 73.0 Å². The van der Waals surface area contributed by atoms with Crippen LogP contribution in [0.1, 0.15) is 0 Å². The monoisotopic (exact) mass is 431 g/mol. The van der Waals surface area contributed by atoms with E-state index in [-0.39, 0.29) is 11.8 Å². The molecule has 5 rings (SSSR count). The molecule has 164 valence electrons. The summed E-state index contributed by atoms with van der Waals surface area (Å²) in [6, 6.07) is 17.2. The number of nitrogens with zero attached hydrogens (tertiary/aromatic N) is 4. The smallest absolute Gasteiger partial charge is 0.329 e. The van der Waals surface area contributed by atoms with Crippen LogP contribution >= 0.6 is 0 Å². The van der Waals surface area contributed by atoms with Gasteiger partial charge in [-0.3, -0.25) is 9.59 Å². The number of benzene rings is 2. The van der Waals surface area contributed by atoms with Gasteiger partial charge in [0.05, 0.1) is 17.3 Å². The number of carbonyl (C=O) groups excluding carboxylic acids is 3. The van der Waals surface area contributed by atoms with Crippen LogP contribution in [0.3, 0.4) is 0 Å². The third-order valence-corrected chi connectivity index (χ3v) is 6.34. The molecule has 2 atom stereocenters. The molecule has 2 aromatic rings. The van der Waals surface area contributed by atoms with Crippen molar-refractivity contribution < 1.29 is 14.4 Å². The average molecular weight is 431 g/mol. The highest BCUT2D eigenvalue weighted by atomic mass is 16.2. The first kappa shape index (κ1) is 20.1. The van der Waals surface area contributed by atoms with Crippen molar-refractivity contribution in [1.82, 2.24) is 15.1 Å². The number of likely N-dealkylation sites (N-methyl/N-ethyl adjacent to an activating group) is 1. The van der Waals surface area contributed by atoms with Crippen LogP contribution in [0, 0.1) is 0 Å². The van der Waals surface area contributed by atoms with Gasteiger partial charge in [-0.2, -0.15) is 0 Å². The summed E-state index contributed by atoms with van der Waals surface area (Å²) in [5, 5.41) is 2.89. The van der Waals surface area contributed by atoms with Crippen molar-refractivity contribution in [2.75, 3.05) is 43.0 Å². The highest BCUT2D eigenvalue weighted by Crippen LogP contribution is 2.30. The first-order valence-electron chi connectivity index (χ1n) is 10.8. The Balaban J connectivity index is 1.30. The van der Waals surface area contributed by atoms with Crippen LogP contribution < -0.4 is 15.1 Å². The molecule has 0 radical (unpaired) electrons. The second-order valence-electron chi connectivity index (χ2n) is 8.25. The van der Waals surface area contributed by atoms with Crippen LogP contribution in [0.2, 0.25) is 0 Å². The minimum Gasteiger partial charge on any atom is -0.368 e. The van der Waals surface area contributed by atoms with Gasteiger partial charge in [0.25, 0.3) is 11.8 Å². The maximum absolute atomic E-state index is 13.3. The lowest BCUT2D eigenvalue weighted by molar-refractivity contribution is -0.127. The molecule has 0 aromatic heterocycles. The van der Waals surface area contributed by atoms with Crippen molar-refractivity contribution in [3.63, 3.8) is 0 Å². The second-order valence-corrected chi connectivity index (χ2v) is 8.25. The highest BCUT2D eigenvalue weighted by Gasteiger charge is 2.50. The molecular formula is C24H25N5O3. The topological polar surface area (TPSA) is 76.2 Å². The van der Waals surface area contributed by atoms with Gasteiger partial charge in [0.15, 0.2) is 0 Å². The van der Waals surface area contributed by atoms with E-state index in [1.54, 1.807) is 42.4 Å². The number of piperazine rings is 1. The Morgan fingerprint density at radius 3 is 2.09 bits per heavy atom. The first-order valence-corrected chi connectivity index (χ1v) is 10.8. The minimum atomic E-state index is -0.653. The van der Waals surface area contributed by atoms with E-state index in [1.807, 2.05) is 29.2 Å². The Hall–Kier alpha value is -3.81. The predicted octanol–water partition coefficient (Wildman–Crippen LogP) is 1.66. The third-order valence-electron chi connectivity index (χ3n) is 6.34. The van der Waals surface area contributed by atoms with Crippen molar-refractivity contribution in [1.29, 1.82) is 0 Å². The summed E-state index contributed by atoms with van der Waals surface area (Å²) in [7, 11) is 1.77. The highest BCUT2D eigenvalue weighted by molar-refractivity contribution is 6.19. The van der Waals surface area contributed by atoms with Crippen molar-refractivity contribution in [3.05, 3.63) is 72.4 Å². The van der Waals surface area contributed by atoms with Crippen LogP contribution in [0.4, 0.5) is 16.2 Å². The molecule has 3 aliphatic rings. The molecule has 0 spiro atoms. The van der Waals surface area contributed by atoms with E-state index < -0.39 is 18.1 Å². The van der Waals surface area contributed by atoms with Gasteiger partial charge in [-0.15, -0.1) is 0 Å². The molecule has 2 unspecified atom stereocenters. The van der Waals surface area contributed by atoms with E-state index in [0.717, 1.165) is 23.7 Å². The Labute approximate surface area is 186 Å². The van der Waals surface area contributed by atoms with E-state index in [4.69, 9.17) is 0 Å². The summed E-state index contributed by atoms with van der Waals surface area (Å²) >= 11 is 0. The van der Waals surface area contributed by atoms with Gasteiger partial charge in [-0.1, -0.05) is 36.4 Å². The summed E-state index contributed by atoms with van der Waals surface area (Å²) in [6.07, 6.45) is 1.70. The fourth-order valence-electron chi connectivity index (χ4n) is 4.69. The number of anilines is 2. The van der Waals surface area contributed by atoms with Gasteiger partial charge in [-0.25, -0.2) is 9.69 Å². The molecule has 32 heavy (non-hydrogen) atoms. The van der Waals surface area contributed by atoms with E-state index in [9.17, 15) is 14.4 Å². The van der Waals surface area contributed by atoms with Gasteiger partial charge < -0.3 is 20.0 Å². The number of hydrogen-bond donors (Lipinski definition) is 1. The summed E-state index contributed by atoms with van der Waals surface area (Å²) in [5.74, 6) is -0.460. The number of fused-ring (bicyclic) bond motifs is 1. The molecule has 2 fully saturated rings. The zero-order valence-corrected chi connectivity index (χ0v) is 17.8. The first-order chi connectivity index (χ1) is 15.5. The van der Waals surface area contributed by atoms with E-state index >= 15 is 0 Å². The number of hydrogen-bond acceptors (Lipinski definition) is 5. The lowest BCUT2D eigenvalue weighted by Crippen LogP contribution is -2.65. The lowest BCUT2D eigenvalue weighted by atomic mass is 9.98. The fraction of sp³-hybridized carbons (Fsp3) is 0.292. The zero-order chi connectivity index (χ0) is 22.2. The van der Waals surface area contributed by atoms with E-state index in [1.165, 1.54) is 0 Å². The molecule has 0 bridgehead atoms. The summed E-state index contributed by atoms with van der Waals surface area (Å²) in [5.41, 5.74) is 2.12. The standard InChI is InChI=1S/C24H25N5O3/c1-26-16-19(22(30)28-14-12-27(13-15-28)17-8-4-2-5-9-17)20-21(26)23(31)29(24(32)25-20)18-10-6-3-7-11-18/h2-11,16,20-21H,12-15H2,1H3,(H,25,32). The SMILES string of the molecule is CN1C=C(C(=O)N2CCN(c3ccccc3)CC2)C2NC(=O)N(c3ccccc3)C(=O)C21. The summed E-state index contributed by atoms with van der Waals surface area (Å²) in [6.45, 7) is 2.65. The number of amides is 4. The second kappa shape index (κ2) is 8.03. The van der Waals surface area contributed by atoms with Gasteiger partial charge >= 0.3 is 6.03 Å². The largest absolute Gasteiger partial charge is 0.368 e. The summed E-state index contributed by atoms with van der Waals surface area (Å²) in [4.78, 5) is 46.3. The van der Waals surface area contributed by atoms with Crippen molar-refractivity contribution in [2.45, 2.75) is 12.1 Å². The lowest BCUT2D eigenvalue weighted by Gasteiger charge is -2.39. The molecule has 0 saturated carbocycles. The molecule has 8 nitrogen and oxygen atoms in total. The van der Waals surface area contributed by atoms with Gasteiger partial charge in [0.2, 0.25) is 0 Å². The summed E-state index contributed by atoms with van der Waals surface area (Å²) < 4.78 is 0. The quantitative estimate of drug-likeness (QED) is 0.800. The van der Waals surface area contributed by atoms with Crippen molar-refractivity contribution in [2.24, 2.45) is 0 Å². The Bertz CT molecular complexity index is 1060. The van der Waals surface area contributed by atoms with Gasteiger partial charge in [0.1, 0.15) is 6.04 Å². The maximum atomic E-state index is 13.3. The fourth-order valence-corrected chi connectivity index (χ4v) is 4.69. The molecule has 3 aliphatic heterocycles. The molecular weight excluding hydrogens is 406 g/mol. The molecule has 2 saturated heterocycles. The number of carbonyl (C=O) groups is 3. The molecule has 8 heteroatoms. The molecule has 4 amide bonds. The zero-order valence-electron chi connectivity index (χ0n) is 17.8. The van der Waals surface area contributed by atoms with Gasteiger partial charge in [-0.05, 0) is 24.3 Å². The minimum absolute atomic E-state index is 0.127.